The quantitative estimate of drug-likeness (QED) is 0.483. The molecule has 1 aliphatic rings. The van der Waals surface area contributed by atoms with Crippen LogP contribution < -0.4 is 11.5 Å². The van der Waals surface area contributed by atoms with Crippen LogP contribution in [0.15, 0.2) is 0 Å². The van der Waals surface area contributed by atoms with Crippen LogP contribution in [0.4, 0.5) is 0 Å². The number of carbonyl (C=O) groups excluding carboxylic acids is 1. The minimum absolute atomic E-state index is 0.328. The number of carbonyl (C=O) groups is 1. The number of amides is 1. The molecule has 4 heteroatoms. The van der Waals surface area contributed by atoms with E-state index in [1.54, 1.807) is 0 Å². The molecule has 0 aromatic heterocycles. The maximum absolute atomic E-state index is 10.6. The largest absolute Gasteiger partial charge is 0.367 e. The van der Waals surface area contributed by atoms with Crippen molar-refractivity contribution in [3.63, 3.8) is 0 Å². The lowest BCUT2D eigenvalue weighted by Crippen LogP contribution is -2.48. The lowest BCUT2D eigenvalue weighted by molar-refractivity contribution is -0.131. The summed E-state index contributed by atoms with van der Waals surface area (Å²) in [6, 6.07) is -0.328. The van der Waals surface area contributed by atoms with Crippen molar-refractivity contribution in [3.8, 4) is 0 Å². The fourth-order valence-corrected chi connectivity index (χ4v) is 0.962. The topological polar surface area (TPSA) is 78.3 Å². The van der Waals surface area contributed by atoms with E-state index in [0.29, 0.717) is 6.61 Å². The van der Waals surface area contributed by atoms with Gasteiger partial charge in [0.25, 0.3) is 0 Å². The van der Waals surface area contributed by atoms with Crippen LogP contribution >= 0.6 is 0 Å². The van der Waals surface area contributed by atoms with Gasteiger partial charge in [0.15, 0.2) is 6.10 Å². The third-order valence-corrected chi connectivity index (χ3v) is 1.48. The molecule has 0 aromatic carbocycles. The predicted octanol–water partition coefficient (Wildman–Crippen LogP) is -1.21. The molecular formula is C6H11N2O2. The van der Waals surface area contributed by atoms with E-state index in [-0.39, 0.29) is 6.04 Å². The first kappa shape index (κ1) is 7.50. The van der Waals surface area contributed by atoms with E-state index >= 15 is 0 Å². The Morgan fingerprint density at radius 3 is 2.80 bits per heavy atom. The Morgan fingerprint density at radius 1 is 1.70 bits per heavy atom. The molecule has 0 bridgehead atoms. The van der Waals surface area contributed by atoms with Crippen LogP contribution in [0.1, 0.15) is 6.42 Å². The molecule has 0 aliphatic carbocycles. The van der Waals surface area contributed by atoms with Gasteiger partial charge in [0.1, 0.15) is 0 Å². The van der Waals surface area contributed by atoms with Crippen LogP contribution in [0.5, 0.6) is 0 Å². The smallest absolute Gasteiger partial charge is 0.248 e. The minimum Gasteiger partial charge on any atom is -0.367 e. The second kappa shape index (κ2) is 2.98. The number of nitrogens with two attached hydrogens (primary N) is 2. The van der Waals surface area contributed by atoms with Gasteiger partial charge < -0.3 is 16.2 Å². The van der Waals surface area contributed by atoms with Crippen molar-refractivity contribution in [2.45, 2.75) is 18.6 Å². The van der Waals surface area contributed by atoms with E-state index < -0.39 is 12.0 Å². The molecule has 4 nitrogen and oxygen atoms in total. The summed E-state index contributed by atoms with van der Waals surface area (Å²) in [6.45, 7) is 0.543. The average molecular weight is 143 g/mol. The summed E-state index contributed by atoms with van der Waals surface area (Å²) in [4.78, 5) is 10.6. The van der Waals surface area contributed by atoms with Gasteiger partial charge in [0.2, 0.25) is 5.91 Å². The molecule has 2 atom stereocenters. The lowest BCUT2D eigenvalue weighted by atomic mass is 10.0. The fraction of sp³-hybridized carbons (Fsp3) is 0.667. The van der Waals surface area contributed by atoms with Crippen LogP contribution in [0.3, 0.4) is 0 Å². The number of rotatable bonds is 1. The first-order valence-electron chi connectivity index (χ1n) is 3.21. The van der Waals surface area contributed by atoms with Crippen LogP contribution in [0, 0.1) is 6.42 Å². The average Bonchev–Trinajstić information content (AvgIpc) is 1.88. The molecule has 1 rings (SSSR count). The molecule has 10 heavy (non-hydrogen) atoms. The van der Waals surface area contributed by atoms with Crippen molar-refractivity contribution < 1.29 is 9.53 Å². The summed E-state index contributed by atoms with van der Waals surface area (Å²) in [6.07, 6.45) is 2.03. The predicted molar refractivity (Wildman–Crippen MR) is 35.8 cm³/mol. The van der Waals surface area contributed by atoms with E-state index in [0.717, 1.165) is 6.42 Å². The number of primary amides is 1. The van der Waals surface area contributed by atoms with Gasteiger partial charge in [-0.25, -0.2) is 0 Å². The van der Waals surface area contributed by atoms with Gasteiger partial charge in [-0.2, -0.15) is 0 Å². The first-order chi connectivity index (χ1) is 4.72. The van der Waals surface area contributed by atoms with Crippen molar-refractivity contribution >= 4 is 5.91 Å². The Morgan fingerprint density at radius 2 is 2.40 bits per heavy atom. The van der Waals surface area contributed by atoms with Gasteiger partial charge in [-0.15, -0.1) is 0 Å². The van der Waals surface area contributed by atoms with Crippen molar-refractivity contribution in [2.75, 3.05) is 6.61 Å². The van der Waals surface area contributed by atoms with Gasteiger partial charge in [0.05, 0.1) is 0 Å². The van der Waals surface area contributed by atoms with Gasteiger partial charge in [0, 0.05) is 12.6 Å². The molecule has 1 aliphatic heterocycles. The molecule has 4 N–H and O–H groups in total. The molecule has 1 saturated heterocycles. The summed E-state index contributed by atoms with van der Waals surface area (Å²) in [5, 5.41) is 0. The summed E-state index contributed by atoms with van der Waals surface area (Å²) in [5.74, 6) is -0.483. The van der Waals surface area contributed by atoms with Gasteiger partial charge in [-0.3, -0.25) is 4.79 Å². The Bertz CT molecular complexity index is 138. The molecule has 1 fully saturated rings. The highest BCUT2D eigenvalue weighted by atomic mass is 16.5. The van der Waals surface area contributed by atoms with Gasteiger partial charge >= 0.3 is 0 Å². The third kappa shape index (κ3) is 1.46. The van der Waals surface area contributed by atoms with Crippen LogP contribution in [0.25, 0.3) is 0 Å². The highest BCUT2D eigenvalue weighted by Gasteiger charge is 2.27. The van der Waals surface area contributed by atoms with Crippen molar-refractivity contribution in [1.29, 1.82) is 0 Å². The SMILES string of the molecule is NC(=O)C1OCC[CH][C@H]1N. The fourth-order valence-electron chi connectivity index (χ4n) is 0.962. The molecule has 0 spiro atoms. The van der Waals surface area contributed by atoms with Crippen molar-refractivity contribution in [3.05, 3.63) is 6.42 Å². The Kier molecular flexibility index (Phi) is 2.24. The third-order valence-electron chi connectivity index (χ3n) is 1.48. The maximum Gasteiger partial charge on any atom is 0.248 e. The number of ether oxygens (including phenoxy) is 1. The van der Waals surface area contributed by atoms with Crippen molar-refractivity contribution in [1.82, 2.24) is 0 Å². The lowest BCUT2D eigenvalue weighted by Gasteiger charge is -2.25. The zero-order chi connectivity index (χ0) is 7.56. The number of hydrogen-bond donors (Lipinski definition) is 2. The second-order valence-electron chi connectivity index (χ2n) is 2.30. The monoisotopic (exact) mass is 143 g/mol. The summed E-state index contributed by atoms with van der Waals surface area (Å²) >= 11 is 0. The zero-order valence-corrected chi connectivity index (χ0v) is 5.62. The second-order valence-corrected chi connectivity index (χ2v) is 2.30. The Balaban J connectivity index is 2.47. The molecule has 0 aromatic rings. The molecule has 57 valence electrons. The van der Waals surface area contributed by atoms with E-state index in [2.05, 4.69) is 0 Å². The molecule has 1 radical (unpaired) electrons. The standard InChI is InChI=1S/C6H11N2O2/c7-4-2-1-3-10-5(4)6(8)9/h2,4-5H,1,3,7H2,(H2,8,9)/t4-,5?/m1/s1. The molecular weight excluding hydrogens is 132 g/mol. The molecule has 1 heterocycles. The Hall–Kier alpha value is -0.610. The summed E-state index contributed by atoms with van der Waals surface area (Å²) in [5.41, 5.74) is 10.5. The highest BCUT2D eigenvalue weighted by Crippen LogP contribution is 2.09. The minimum atomic E-state index is -0.617. The Labute approximate surface area is 59.5 Å². The van der Waals surface area contributed by atoms with E-state index in [1.165, 1.54) is 0 Å². The van der Waals surface area contributed by atoms with Gasteiger partial charge in [-0.1, -0.05) is 0 Å². The normalized spacial score (nSPS) is 33.7. The van der Waals surface area contributed by atoms with Crippen LogP contribution in [-0.2, 0) is 9.53 Å². The van der Waals surface area contributed by atoms with Crippen LogP contribution in [0.2, 0.25) is 0 Å². The first-order valence-corrected chi connectivity index (χ1v) is 3.21. The van der Waals surface area contributed by atoms with Gasteiger partial charge in [-0.05, 0) is 12.8 Å². The van der Waals surface area contributed by atoms with Crippen LogP contribution in [-0.4, -0.2) is 24.7 Å². The summed E-state index contributed by atoms with van der Waals surface area (Å²) < 4.78 is 5.02. The van der Waals surface area contributed by atoms with E-state index in [1.807, 2.05) is 6.42 Å². The molecule has 1 unspecified atom stereocenters. The number of hydrogen-bond acceptors (Lipinski definition) is 3. The van der Waals surface area contributed by atoms with E-state index in [9.17, 15) is 4.79 Å². The molecule has 0 saturated carbocycles. The highest BCUT2D eigenvalue weighted by molar-refractivity contribution is 5.80. The zero-order valence-electron chi connectivity index (χ0n) is 5.62. The van der Waals surface area contributed by atoms with Crippen molar-refractivity contribution in [2.24, 2.45) is 11.5 Å². The maximum atomic E-state index is 10.6. The summed E-state index contributed by atoms with van der Waals surface area (Å²) in [7, 11) is 0. The molecule has 1 amide bonds. The van der Waals surface area contributed by atoms with E-state index in [4.69, 9.17) is 16.2 Å².